The highest BCUT2D eigenvalue weighted by atomic mass is 19.1. The van der Waals surface area contributed by atoms with Crippen molar-refractivity contribution >= 4 is 5.91 Å². The smallest absolute Gasteiger partial charge is 0.253 e. The van der Waals surface area contributed by atoms with Crippen molar-refractivity contribution in [3.8, 4) is 5.75 Å². The predicted molar refractivity (Wildman–Crippen MR) is 91.8 cm³/mol. The molecule has 25 heavy (non-hydrogen) atoms. The lowest BCUT2D eigenvalue weighted by molar-refractivity contribution is 0.0527. The van der Waals surface area contributed by atoms with Crippen molar-refractivity contribution in [3.63, 3.8) is 0 Å². The number of benzene rings is 2. The van der Waals surface area contributed by atoms with Gasteiger partial charge < -0.3 is 15.1 Å². The molecule has 1 saturated heterocycles. The summed E-state index contributed by atoms with van der Waals surface area (Å²) < 4.78 is 13.2. The van der Waals surface area contributed by atoms with Gasteiger partial charge >= 0.3 is 0 Å². The van der Waals surface area contributed by atoms with Crippen molar-refractivity contribution in [3.05, 3.63) is 65.5 Å². The first kappa shape index (κ1) is 17.4. The van der Waals surface area contributed by atoms with Gasteiger partial charge in [0, 0.05) is 38.3 Å². The van der Waals surface area contributed by atoms with E-state index in [1.165, 1.54) is 24.3 Å². The SMILES string of the molecule is O=C(c1ccc(O)cc1)N1CCN(C[C@@H](O)c2cccc(F)c2)CC1. The molecule has 1 atom stereocenters. The van der Waals surface area contributed by atoms with E-state index in [-0.39, 0.29) is 17.5 Å². The molecule has 1 aliphatic heterocycles. The fourth-order valence-electron chi connectivity index (χ4n) is 2.98. The molecule has 5 nitrogen and oxygen atoms in total. The number of hydrogen-bond donors (Lipinski definition) is 2. The quantitative estimate of drug-likeness (QED) is 0.891. The van der Waals surface area contributed by atoms with Gasteiger partial charge in [0.05, 0.1) is 6.10 Å². The summed E-state index contributed by atoms with van der Waals surface area (Å²) in [5.74, 6) is -0.293. The van der Waals surface area contributed by atoms with E-state index in [2.05, 4.69) is 4.90 Å². The van der Waals surface area contributed by atoms with Gasteiger partial charge in [0.15, 0.2) is 0 Å². The van der Waals surface area contributed by atoms with Crippen molar-refractivity contribution in [1.82, 2.24) is 9.80 Å². The number of amides is 1. The molecular formula is C19H21FN2O3. The summed E-state index contributed by atoms with van der Waals surface area (Å²) in [6.07, 6.45) is -0.755. The number of aliphatic hydroxyl groups is 1. The van der Waals surface area contributed by atoms with Gasteiger partial charge in [-0.1, -0.05) is 12.1 Å². The zero-order valence-corrected chi connectivity index (χ0v) is 13.8. The van der Waals surface area contributed by atoms with Crippen LogP contribution >= 0.6 is 0 Å². The summed E-state index contributed by atoms with van der Waals surface area (Å²) >= 11 is 0. The molecule has 3 rings (SSSR count). The summed E-state index contributed by atoms with van der Waals surface area (Å²) in [7, 11) is 0. The highest BCUT2D eigenvalue weighted by molar-refractivity contribution is 5.94. The van der Waals surface area contributed by atoms with E-state index in [0.29, 0.717) is 43.9 Å². The Labute approximate surface area is 145 Å². The molecule has 1 heterocycles. The first-order valence-corrected chi connectivity index (χ1v) is 8.27. The van der Waals surface area contributed by atoms with E-state index in [9.17, 15) is 19.4 Å². The molecule has 0 spiro atoms. The minimum absolute atomic E-state index is 0.0645. The van der Waals surface area contributed by atoms with Gasteiger partial charge in [0.1, 0.15) is 11.6 Å². The molecule has 0 unspecified atom stereocenters. The summed E-state index contributed by atoms with van der Waals surface area (Å²) in [6, 6.07) is 12.2. The third-order valence-electron chi connectivity index (χ3n) is 4.44. The molecule has 6 heteroatoms. The normalized spacial score (nSPS) is 16.6. The van der Waals surface area contributed by atoms with E-state index in [0.717, 1.165) is 0 Å². The Balaban J connectivity index is 1.53. The second-order valence-corrected chi connectivity index (χ2v) is 6.21. The minimum atomic E-state index is -0.755. The van der Waals surface area contributed by atoms with Gasteiger partial charge in [-0.25, -0.2) is 4.39 Å². The van der Waals surface area contributed by atoms with Crippen molar-refractivity contribution < 1.29 is 19.4 Å². The molecule has 0 bridgehead atoms. The zero-order valence-electron chi connectivity index (χ0n) is 13.8. The number of carbonyl (C=O) groups excluding carboxylic acids is 1. The molecule has 0 aliphatic carbocycles. The summed E-state index contributed by atoms with van der Waals surface area (Å²) in [6.45, 7) is 2.84. The zero-order chi connectivity index (χ0) is 17.8. The van der Waals surface area contributed by atoms with Crippen molar-refractivity contribution in [2.75, 3.05) is 32.7 Å². The number of piperazine rings is 1. The maximum atomic E-state index is 13.2. The molecule has 132 valence electrons. The van der Waals surface area contributed by atoms with Crippen molar-refractivity contribution in [1.29, 1.82) is 0 Å². The number of β-amino-alcohol motifs (C(OH)–C–C–N with tert-alkyl or cyclic N) is 1. The third kappa shape index (κ3) is 4.35. The summed E-state index contributed by atoms with van der Waals surface area (Å²) in [5, 5.41) is 19.6. The number of phenolic OH excluding ortho intramolecular Hbond substituents is 1. The van der Waals surface area contributed by atoms with Crippen LogP contribution in [0.5, 0.6) is 5.75 Å². The Hall–Kier alpha value is -2.44. The molecule has 1 amide bonds. The van der Waals surface area contributed by atoms with Crippen LogP contribution in [0, 0.1) is 5.82 Å². The number of aliphatic hydroxyl groups excluding tert-OH is 1. The highest BCUT2D eigenvalue weighted by Crippen LogP contribution is 2.17. The van der Waals surface area contributed by atoms with Crippen LogP contribution < -0.4 is 0 Å². The minimum Gasteiger partial charge on any atom is -0.508 e. The number of phenols is 1. The van der Waals surface area contributed by atoms with Crippen LogP contribution in [-0.2, 0) is 0 Å². The summed E-state index contributed by atoms with van der Waals surface area (Å²) in [5.41, 5.74) is 1.11. The monoisotopic (exact) mass is 344 g/mol. The molecule has 2 aromatic rings. The number of aromatic hydroxyl groups is 1. The van der Waals surface area contributed by atoms with Crippen LogP contribution in [0.25, 0.3) is 0 Å². The fourth-order valence-corrected chi connectivity index (χ4v) is 2.98. The lowest BCUT2D eigenvalue weighted by Gasteiger charge is -2.35. The van der Waals surface area contributed by atoms with Gasteiger partial charge in [-0.05, 0) is 42.0 Å². The number of halogens is 1. The average Bonchev–Trinajstić information content (AvgIpc) is 2.62. The van der Waals surface area contributed by atoms with Gasteiger partial charge in [-0.3, -0.25) is 9.69 Å². The Morgan fingerprint density at radius 2 is 1.76 bits per heavy atom. The Morgan fingerprint density at radius 3 is 2.40 bits per heavy atom. The average molecular weight is 344 g/mol. The second kappa shape index (κ2) is 7.63. The van der Waals surface area contributed by atoms with E-state index >= 15 is 0 Å². The number of carbonyl (C=O) groups is 1. The van der Waals surface area contributed by atoms with Gasteiger partial charge in [-0.15, -0.1) is 0 Å². The maximum Gasteiger partial charge on any atom is 0.253 e. The molecular weight excluding hydrogens is 323 g/mol. The number of hydrogen-bond acceptors (Lipinski definition) is 4. The standard InChI is InChI=1S/C19H21FN2O3/c20-16-3-1-2-15(12-16)18(24)13-21-8-10-22(11-9-21)19(25)14-4-6-17(23)7-5-14/h1-7,12,18,23-24H,8-11,13H2/t18-/m1/s1. The van der Waals surface area contributed by atoms with E-state index in [1.54, 1.807) is 29.2 Å². The molecule has 1 aliphatic rings. The van der Waals surface area contributed by atoms with Gasteiger partial charge in [-0.2, -0.15) is 0 Å². The van der Waals surface area contributed by atoms with Gasteiger partial charge in [0.25, 0.3) is 5.91 Å². The van der Waals surface area contributed by atoms with E-state index in [4.69, 9.17) is 0 Å². The molecule has 0 radical (unpaired) electrons. The van der Waals surface area contributed by atoms with Crippen molar-refractivity contribution in [2.45, 2.75) is 6.10 Å². The second-order valence-electron chi connectivity index (χ2n) is 6.21. The topological polar surface area (TPSA) is 64.0 Å². The molecule has 2 N–H and O–H groups in total. The maximum absolute atomic E-state index is 13.2. The lowest BCUT2D eigenvalue weighted by Crippen LogP contribution is -2.49. The molecule has 1 fully saturated rings. The molecule has 0 saturated carbocycles. The van der Waals surface area contributed by atoms with Crippen LogP contribution in [0.2, 0.25) is 0 Å². The van der Waals surface area contributed by atoms with Crippen LogP contribution in [0.4, 0.5) is 4.39 Å². The predicted octanol–water partition coefficient (Wildman–Crippen LogP) is 2.02. The Kier molecular flexibility index (Phi) is 5.31. The third-order valence-corrected chi connectivity index (χ3v) is 4.44. The fraction of sp³-hybridized carbons (Fsp3) is 0.316. The van der Waals surface area contributed by atoms with Gasteiger partial charge in [0.2, 0.25) is 0 Å². The first-order chi connectivity index (χ1) is 12.0. The summed E-state index contributed by atoms with van der Waals surface area (Å²) in [4.78, 5) is 16.3. The lowest BCUT2D eigenvalue weighted by atomic mass is 10.1. The largest absolute Gasteiger partial charge is 0.508 e. The van der Waals surface area contributed by atoms with Crippen LogP contribution in [0.15, 0.2) is 48.5 Å². The van der Waals surface area contributed by atoms with Crippen LogP contribution in [-0.4, -0.2) is 58.6 Å². The Morgan fingerprint density at radius 1 is 1.08 bits per heavy atom. The number of rotatable bonds is 4. The Bertz CT molecular complexity index is 728. The van der Waals surface area contributed by atoms with Crippen molar-refractivity contribution in [2.24, 2.45) is 0 Å². The highest BCUT2D eigenvalue weighted by Gasteiger charge is 2.23. The number of nitrogens with zero attached hydrogens (tertiary/aromatic N) is 2. The van der Waals surface area contributed by atoms with E-state index < -0.39 is 6.10 Å². The first-order valence-electron chi connectivity index (χ1n) is 8.27. The molecule has 0 aromatic heterocycles. The van der Waals surface area contributed by atoms with Crippen LogP contribution in [0.3, 0.4) is 0 Å². The molecule has 2 aromatic carbocycles. The van der Waals surface area contributed by atoms with E-state index in [1.807, 2.05) is 0 Å². The van der Waals surface area contributed by atoms with Crippen LogP contribution in [0.1, 0.15) is 22.0 Å².